The molecular weight excluding hydrogens is 186 g/mol. The van der Waals surface area contributed by atoms with Gasteiger partial charge < -0.3 is 4.74 Å². The van der Waals surface area contributed by atoms with Crippen LogP contribution in [0.15, 0.2) is 29.3 Å². The third-order valence-electron chi connectivity index (χ3n) is 2.18. The van der Waals surface area contributed by atoms with Crippen molar-refractivity contribution in [1.82, 2.24) is 0 Å². The van der Waals surface area contributed by atoms with Crippen LogP contribution in [0.5, 0.6) is 0 Å². The molecule has 0 heterocycles. The molecule has 0 aromatic heterocycles. The van der Waals surface area contributed by atoms with Gasteiger partial charge in [0.25, 0.3) is 0 Å². The fourth-order valence-electron chi connectivity index (χ4n) is 1.22. The van der Waals surface area contributed by atoms with Crippen LogP contribution in [0.4, 0.5) is 5.69 Å². The average molecular weight is 205 g/mol. The summed E-state index contributed by atoms with van der Waals surface area (Å²) in [6.45, 7) is 9.20. The van der Waals surface area contributed by atoms with E-state index in [1.54, 1.807) is 0 Å². The maximum atomic E-state index is 5.04. The highest BCUT2D eigenvalue weighted by Gasteiger charge is 2.12. The van der Waals surface area contributed by atoms with Crippen molar-refractivity contribution in [2.75, 3.05) is 6.61 Å². The van der Waals surface area contributed by atoms with Crippen LogP contribution in [0, 0.1) is 0 Å². The van der Waals surface area contributed by atoms with E-state index in [1.165, 1.54) is 12.0 Å². The minimum Gasteiger partial charge on any atom is -0.483 e. The molecular formula is C13H19NO. The predicted molar refractivity (Wildman–Crippen MR) is 64.9 cm³/mol. The van der Waals surface area contributed by atoms with Gasteiger partial charge in [-0.15, -0.1) is 0 Å². The monoisotopic (exact) mass is 205 g/mol. The molecule has 0 N–H and O–H groups in total. The van der Waals surface area contributed by atoms with Crippen LogP contribution in [0.1, 0.15) is 33.3 Å². The SMILES string of the molecule is CCO/C=N\c1ccc(C(C)(C)C)cc1. The molecule has 0 bridgehead atoms. The minimum atomic E-state index is 0.197. The van der Waals surface area contributed by atoms with Crippen LogP contribution >= 0.6 is 0 Å². The zero-order chi connectivity index (χ0) is 11.3. The van der Waals surface area contributed by atoms with Crippen molar-refractivity contribution >= 4 is 12.1 Å². The van der Waals surface area contributed by atoms with Crippen molar-refractivity contribution in [2.24, 2.45) is 4.99 Å². The summed E-state index contributed by atoms with van der Waals surface area (Å²) in [7, 11) is 0. The number of nitrogens with zero attached hydrogens (tertiary/aromatic N) is 1. The summed E-state index contributed by atoms with van der Waals surface area (Å²) in [6.07, 6.45) is 1.49. The first-order chi connectivity index (χ1) is 7.04. The molecule has 0 atom stereocenters. The summed E-state index contributed by atoms with van der Waals surface area (Å²) in [6, 6.07) is 8.24. The van der Waals surface area contributed by atoms with Crippen LogP contribution in [0.25, 0.3) is 0 Å². The van der Waals surface area contributed by atoms with Gasteiger partial charge in [0.05, 0.1) is 12.3 Å². The Hall–Kier alpha value is -1.31. The molecule has 0 unspecified atom stereocenters. The second-order valence-electron chi connectivity index (χ2n) is 4.49. The normalized spacial score (nSPS) is 12.0. The standard InChI is InChI=1S/C13H19NO/c1-5-15-10-14-12-8-6-11(7-9-12)13(2,3)4/h6-10H,5H2,1-4H3/b14-10-. The Morgan fingerprint density at radius 1 is 1.20 bits per heavy atom. The van der Waals surface area contributed by atoms with Crippen LogP contribution in [0.2, 0.25) is 0 Å². The molecule has 0 fully saturated rings. The molecule has 0 aliphatic heterocycles. The lowest BCUT2D eigenvalue weighted by Crippen LogP contribution is -2.10. The van der Waals surface area contributed by atoms with E-state index in [9.17, 15) is 0 Å². The Bertz CT molecular complexity index is 319. The Morgan fingerprint density at radius 3 is 2.27 bits per heavy atom. The van der Waals surface area contributed by atoms with E-state index in [0.717, 1.165) is 5.69 Å². The van der Waals surface area contributed by atoms with Gasteiger partial charge in [0.1, 0.15) is 0 Å². The van der Waals surface area contributed by atoms with Crippen LogP contribution < -0.4 is 0 Å². The van der Waals surface area contributed by atoms with Crippen LogP contribution in [-0.2, 0) is 10.2 Å². The summed E-state index contributed by atoms with van der Waals surface area (Å²) in [5.74, 6) is 0. The first-order valence-electron chi connectivity index (χ1n) is 5.28. The van der Waals surface area contributed by atoms with E-state index in [-0.39, 0.29) is 5.41 Å². The second-order valence-corrected chi connectivity index (χ2v) is 4.49. The van der Waals surface area contributed by atoms with Crippen molar-refractivity contribution in [1.29, 1.82) is 0 Å². The van der Waals surface area contributed by atoms with Crippen molar-refractivity contribution in [2.45, 2.75) is 33.1 Å². The number of benzene rings is 1. The lowest BCUT2D eigenvalue weighted by molar-refractivity contribution is 0.344. The van der Waals surface area contributed by atoms with E-state index >= 15 is 0 Å². The largest absolute Gasteiger partial charge is 0.483 e. The molecule has 15 heavy (non-hydrogen) atoms. The summed E-state index contributed by atoms with van der Waals surface area (Å²) in [5, 5.41) is 0. The van der Waals surface area contributed by atoms with Crippen LogP contribution in [-0.4, -0.2) is 13.0 Å². The predicted octanol–water partition coefficient (Wildman–Crippen LogP) is 3.68. The first kappa shape index (κ1) is 11.8. The molecule has 0 aliphatic rings. The van der Waals surface area contributed by atoms with Gasteiger partial charge in [0, 0.05) is 0 Å². The third-order valence-corrected chi connectivity index (χ3v) is 2.18. The molecule has 0 saturated carbocycles. The number of hydrogen-bond acceptors (Lipinski definition) is 2. The van der Waals surface area contributed by atoms with Gasteiger partial charge in [0.2, 0.25) is 0 Å². The number of aliphatic imine (C=N–C) groups is 1. The Balaban J connectivity index is 2.73. The van der Waals surface area contributed by atoms with E-state index in [0.29, 0.717) is 6.61 Å². The fraction of sp³-hybridized carbons (Fsp3) is 0.462. The number of ether oxygens (including phenoxy) is 1. The van der Waals surface area contributed by atoms with Crippen molar-refractivity contribution in [3.63, 3.8) is 0 Å². The molecule has 2 nitrogen and oxygen atoms in total. The third kappa shape index (κ3) is 3.74. The van der Waals surface area contributed by atoms with E-state index in [4.69, 9.17) is 4.74 Å². The summed E-state index contributed by atoms with van der Waals surface area (Å²) in [4.78, 5) is 4.17. The fourth-order valence-corrected chi connectivity index (χ4v) is 1.22. The van der Waals surface area contributed by atoms with Crippen LogP contribution in [0.3, 0.4) is 0 Å². The highest BCUT2D eigenvalue weighted by Crippen LogP contribution is 2.24. The molecule has 0 spiro atoms. The molecule has 0 saturated heterocycles. The molecule has 82 valence electrons. The number of hydrogen-bond donors (Lipinski definition) is 0. The first-order valence-corrected chi connectivity index (χ1v) is 5.28. The number of rotatable bonds is 3. The maximum Gasteiger partial charge on any atom is 0.174 e. The van der Waals surface area contributed by atoms with Gasteiger partial charge >= 0.3 is 0 Å². The molecule has 1 aromatic rings. The van der Waals surface area contributed by atoms with Crippen molar-refractivity contribution < 1.29 is 4.74 Å². The lowest BCUT2D eigenvalue weighted by Gasteiger charge is -2.18. The molecule has 0 radical (unpaired) electrons. The Morgan fingerprint density at radius 2 is 1.80 bits per heavy atom. The second kappa shape index (κ2) is 4.96. The van der Waals surface area contributed by atoms with E-state index in [1.807, 2.05) is 19.1 Å². The van der Waals surface area contributed by atoms with Gasteiger partial charge in [-0.1, -0.05) is 32.9 Å². The highest BCUT2D eigenvalue weighted by atomic mass is 16.5. The molecule has 0 amide bonds. The Kier molecular flexibility index (Phi) is 3.89. The Labute approximate surface area is 92.0 Å². The zero-order valence-corrected chi connectivity index (χ0v) is 9.95. The minimum absolute atomic E-state index is 0.197. The summed E-state index contributed by atoms with van der Waals surface area (Å²) >= 11 is 0. The molecule has 2 heteroatoms. The highest BCUT2D eigenvalue weighted by molar-refractivity contribution is 5.55. The average Bonchev–Trinajstić information content (AvgIpc) is 2.18. The summed E-state index contributed by atoms with van der Waals surface area (Å²) in [5.41, 5.74) is 2.44. The van der Waals surface area contributed by atoms with E-state index in [2.05, 4.69) is 37.9 Å². The van der Waals surface area contributed by atoms with Gasteiger partial charge in [0.15, 0.2) is 6.40 Å². The quantitative estimate of drug-likeness (QED) is 0.545. The zero-order valence-electron chi connectivity index (χ0n) is 9.95. The maximum absolute atomic E-state index is 5.04. The lowest BCUT2D eigenvalue weighted by atomic mass is 9.87. The van der Waals surface area contributed by atoms with Gasteiger partial charge in [-0.3, -0.25) is 0 Å². The van der Waals surface area contributed by atoms with Crippen molar-refractivity contribution in [3.8, 4) is 0 Å². The summed E-state index contributed by atoms with van der Waals surface area (Å²) < 4.78 is 5.04. The van der Waals surface area contributed by atoms with Gasteiger partial charge in [-0.25, -0.2) is 4.99 Å². The van der Waals surface area contributed by atoms with Gasteiger partial charge in [-0.05, 0) is 30.0 Å². The molecule has 1 rings (SSSR count). The topological polar surface area (TPSA) is 21.6 Å². The van der Waals surface area contributed by atoms with Gasteiger partial charge in [-0.2, -0.15) is 0 Å². The smallest absolute Gasteiger partial charge is 0.174 e. The van der Waals surface area contributed by atoms with Crippen molar-refractivity contribution in [3.05, 3.63) is 29.8 Å². The van der Waals surface area contributed by atoms with E-state index < -0.39 is 0 Å². The molecule has 0 aliphatic carbocycles. The molecule has 1 aromatic carbocycles.